The van der Waals surface area contributed by atoms with Crippen molar-refractivity contribution in [3.05, 3.63) is 119 Å². The molecule has 6 rings (SSSR count). The molecule has 0 radical (unpaired) electrons. The Balaban J connectivity index is 0.000000775. The van der Waals surface area contributed by atoms with E-state index in [0.717, 1.165) is 73.1 Å². The molecule has 13 heteroatoms. The van der Waals surface area contributed by atoms with Gasteiger partial charge in [-0.1, -0.05) is 53.7 Å². The summed E-state index contributed by atoms with van der Waals surface area (Å²) in [6, 6.07) is 23.7. The molecule has 0 spiro atoms. The number of rotatable bonds is 10. The number of fused-ring (bicyclic) bond motifs is 1. The maximum Gasteiger partial charge on any atom is 0.261 e. The molecule has 46 heavy (non-hydrogen) atoms. The first-order valence-electron chi connectivity index (χ1n) is 14.9. The van der Waals surface area contributed by atoms with Crippen LogP contribution >= 0.6 is 11.8 Å². The summed E-state index contributed by atoms with van der Waals surface area (Å²) < 4.78 is 33.5. The number of anilines is 1. The minimum atomic E-state index is -3.67. The highest BCUT2D eigenvalue weighted by atomic mass is 32.2. The number of ether oxygens (including phenoxy) is 1. The van der Waals surface area contributed by atoms with Gasteiger partial charge in [0.2, 0.25) is 0 Å². The van der Waals surface area contributed by atoms with Gasteiger partial charge in [0, 0.05) is 72.0 Å². The molecule has 0 saturated carbocycles. The van der Waals surface area contributed by atoms with Crippen molar-refractivity contribution in [3.63, 3.8) is 0 Å². The number of nitrogens with zero attached hydrogens (tertiary/aromatic N) is 4. The molecule has 11 nitrogen and oxygen atoms in total. The van der Waals surface area contributed by atoms with E-state index in [1.54, 1.807) is 18.0 Å². The van der Waals surface area contributed by atoms with Crippen LogP contribution in [0.15, 0.2) is 96.5 Å². The fourth-order valence-corrected chi connectivity index (χ4v) is 6.48. The van der Waals surface area contributed by atoms with E-state index in [1.807, 2.05) is 79.1 Å². The second-order valence-electron chi connectivity index (χ2n) is 10.7. The van der Waals surface area contributed by atoms with Crippen LogP contribution in [0.25, 0.3) is 0 Å². The predicted octanol–water partition coefficient (Wildman–Crippen LogP) is 4.92. The first-order valence-corrected chi connectivity index (χ1v) is 17.8. The Bertz CT molecular complexity index is 1720. The van der Waals surface area contributed by atoms with Crippen LogP contribution in [0.5, 0.6) is 0 Å². The van der Waals surface area contributed by atoms with Gasteiger partial charge < -0.3 is 19.5 Å². The lowest BCUT2D eigenvalue weighted by Gasteiger charge is -2.26. The van der Waals surface area contributed by atoms with Gasteiger partial charge in [-0.25, -0.2) is 0 Å². The third-order valence-electron chi connectivity index (χ3n) is 7.28. The van der Waals surface area contributed by atoms with E-state index >= 15 is 0 Å². The van der Waals surface area contributed by atoms with Crippen molar-refractivity contribution in [1.29, 1.82) is 0 Å². The van der Waals surface area contributed by atoms with Crippen LogP contribution in [0.3, 0.4) is 0 Å². The zero-order chi connectivity index (χ0) is 32.4. The number of morpholine rings is 1. The zero-order valence-corrected chi connectivity index (χ0v) is 27.1. The highest BCUT2D eigenvalue weighted by Crippen LogP contribution is 2.42. The Hall–Kier alpha value is -4.01. The summed E-state index contributed by atoms with van der Waals surface area (Å²) in [5, 5.41) is 7.78. The van der Waals surface area contributed by atoms with E-state index in [1.165, 1.54) is 0 Å². The smallest absolute Gasteiger partial charge is 0.261 e. The molecule has 242 valence electrons. The number of oxime groups is 1. The Kier molecular flexibility index (Phi) is 11.6. The lowest BCUT2D eigenvalue weighted by molar-refractivity contribution is 0.0323. The number of amides is 1. The van der Waals surface area contributed by atoms with Crippen LogP contribution in [0.4, 0.5) is 5.69 Å². The number of aromatic nitrogens is 2. The Labute approximate surface area is 273 Å². The number of pyridine rings is 1. The fraction of sp³-hybridized carbons (Fsp3) is 0.303. The van der Waals surface area contributed by atoms with Crippen molar-refractivity contribution in [3.8, 4) is 0 Å². The molecule has 0 bridgehead atoms. The molecule has 0 aliphatic carbocycles. The molecule has 2 aliphatic heterocycles. The van der Waals surface area contributed by atoms with E-state index in [4.69, 9.17) is 14.1 Å². The topological polar surface area (TPSA) is 135 Å². The summed E-state index contributed by atoms with van der Waals surface area (Å²) in [6.45, 7) is 5.01. The average Bonchev–Trinajstić information content (AvgIpc) is 3.66. The molecular weight excluding hydrogens is 627 g/mol. The molecule has 1 fully saturated rings. The second-order valence-corrected chi connectivity index (χ2v) is 13.3. The summed E-state index contributed by atoms with van der Waals surface area (Å²) in [5.74, 6) is 0.643. The normalized spacial score (nSPS) is 16.7. The lowest BCUT2D eigenvalue weighted by atomic mass is 10.0. The van der Waals surface area contributed by atoms with Crippen LogP contribution in [0, 0.1) is 0 Å². The molecule has 1 saturated heterocycles. The van der Waals surface area contributed by atoms with E-state index in [2.05, 4.69) is 31.0 Å². The van der Waals surface area contributed by atoms with Gasteiger partial charge in [-0.3, -0.25) is 19.2 Å². The fourth-order valence-electron chi connectivity index (χ4n) is 5.17. The van der Waals surface area contributed by atoms with Crippen LogP contribution in [0.1, 0.15) is 44.5 Å². The second kappa shape index (κ2) is 16.0. The lowest BCUT2D eigenvalue weighted by Crippen LogP contribution is -2.37. The molecule has 4 heterocycles. The maximum atomic E-state index is 13.4. The standard InChI is InChI=1S/C32H33N5O3S.CH4O3S/c38-31(28-12-15-37-29(28)23-41-32(37)26-10-5-13-33-22-26)34-27-11-4-9-25(21-27)30(24-7-2-1-3-8-24)35-40-18-6-14-36-16-19-39-20-17-36;1-5(2,3)4/h1-5,7-13,15,21-22,32H,6,14,16-20,23H2,(H,34,38);1H3,(H,2,3,4). The molecule has 2 aliphatic rings. The summed E-state index contributed by atoms with van der Waals surface area (Å²) in [5.41, 5.74) is 6.10. The van der Waals surface area contributed by atoms with Crippen molar-refractivity contribution in [2.75, 3.05) is 51.0 Å². The molecule has 1 atom stereocenters. The molecule has 2 aromatic heterocycles. The summed E-state index contributed by atoms with van der Waals surface area (Å²) in [7, 11) is -3.67. The summed E-state index contributed by atoms with van der Waals surface area (Å²) in [4.78, 5) is 25.8. The first-order chi connectivity index (χ1) is 22.3. The molecule has 2 aromatic carbocycles. The number of carbonyl (C=O) groups excluding carboxylic acids is 1. The van der Waals surface area contributed by atoms with Crippen molar-refractivity contribution in [2.24, 2.45) is 5.16 Å². The number of nitrogens with one attached hydrogen (secondary N) is 1. The SMILES string of the molecule is CS(=O)(=O)O.O=C(Nc1cccc(C(=NOCCCN2CCOCC2)c2ccccc2)c1)c1ccn2c1CSC2c1cccnc1. The van der Waals surface area contributed by atoms with Crippen molar-refractivity contribution < 1.29 is 27.3 Å². The van der Waals surface area contributed by atoms with Crippen LogP contribution in [-0.4, -0.2) is 84.8 Å². The molecule has 4 aromatic rings. The zero-order valence-electron chi connectivity index (χ0n) is 25.5. The van der Waals surface area contributed by atoms with Gasteiger partial charge in [-0.2, -0.15) is 8.42 Å². The van der Waals surface area contributed by atoms with Gasteiger partial charge in [0.25, 0.3) is 16.0 Å². The van der Waals surface area contributed by atoms with E-state index in [-0.39, 0.29) is 11.3 Å². The highest BCUT2D eigenvalue weighted by Gasteiger charge is 2.28. The number of carbonyl (C=O) groups is 1. The molecule has 1 amide bonds. The summed E-state index contributed by atoms with van der Waals surface area (Å²) in [6.07, 6.45) is 7.27. The van der Waals surface area contributed by atoms with Crippen molar-refractivity contribution in [1.82, 2.24) is 14.5 Å². The van der Waals surface area contributed by atoms with Crippen molar-refractivity contribution >= 4 is 39.2 Å². The monoisotopic (exact) mass is 663 g/mol. The van der Waals surface area contributed by atoms with Gasteiger partial charge in [-0.05, 0) is 30.7 Å². The first kappa shape index (κ1) is 33.4. The maximum absolute atomic E-state index is 13.4. The third kappa shape index (κ3) is 9.50. The predicted molar refractivity (Wildman–Crippen MR) is 180 cm³/mol. The largest absolute Gasteiger partial charge is 0.395 e. The van der Waals surface area contributed by atoms with Gasteiger partial charge in [0.05, 0.1) is 25.0 Å². The number of hydrogen-bond donors (Lipinski definition) is 2. The van der Waals surface area contributed by atoms with E-state index in [0.29, 0.717) is 24.1 Å². The van der Waals surface area contributed by atoms with Gasteiger partial charge in [0.15, 0.2) is 0 Å². The molecule has 1 unspecified atom stereocenters. The van der Waals surface area contributed by atoms with Gasteiger partial charge in [0.1, 0.15) is 17.7 Å². The number of hydrogen-bond acceptors (Lipinski definition) is 9. The Morgan fingerprint density at radius 2 is 1.85 bits per heavy atom. The van der Waals surface area contributed by atoms with E-state index < -0.39 is 10.1 Å². The van der Waals surface area contributed by atoms with Crippen LogP contribution in [0.2, 0.25) is 0 Å². The minimum Gasteiger partial charge on any atom is -0.395 e. The van der Waals surface area contributed by atoms with Crippen LogP contribution < -0.4 is 5.32 Å². The van der Waals surface area contributed by atoms with E-state index in [9.17, 15) is 13.2 Å². The van der Waals surface area contributed by atoms with Gasteiger partial charge >= 0.3 is 0 Å². The third-order valence-corrected chi connectivity index (χ3v) is 8.53. The molecule has 2 N–H and O–H groups in total. The quantitative estimate of drug-likeness (QED) is 0.105. The number of benzene rings is 2. The minimum absolute atomic E-state index is 0.124. The van der Waals surface area contributed by atoms with Crippen LogP contribution in [-0.2, 0) is 25.4 Å². The van der Waals surface area contributed by atoms with Crippen molar-refractivity contribution in [2.45, 2.75) is 17.5 Å². The van der Waals surface area contributed by atoms with Gasteiger partial charge in [-0.15, -0.1) is 11.8 Å². The Morgan fingerprint density at radius 1 is 1.09 bits per heavy atom. The highest BCUT2D eigenvalue weighted by molar-refractivity contribution is 7.99. The Morgan fingerprint density at radius 3 is 2.59 bits per heavy atom. The number of thioether (sulfide) groups is 1. The summed E-state index contributed by atoms with van der Waals surface area (Å²) >= 11 is 1.80. The molecular formula is C33H37N5O6S2. The average molecular weight is 664 g/mol.